The molecule has 0 radical (unpaired) electrons. The Morgan fingerprint density at radius 3 is 2.59 bits per heavy atom. The molecule has 6 nitrogen and oxygen atoms in total. The van der Waals surface area contributed by atoms with Crippen LogP contribution in [-0.4, -0.2) is 61.6 Å². The van der Waals surface area contributed by atoms with Crippen molar-refractivity contribution in [1.82, 2.24) is 9.80 Å². The average Bonchev–Trinajstić information content (AvgIpc) is 2.77. The zero-order valence-electron chi connectivity index (χ0n) is 16.8. The number of carbonyl (C=O) groups is 2. The Morgan fingerprint density at radius 1 is 1.17 bits per heavy atom. The molecule has 0 saturated carbocycles. The van der Waals surface area contributed by atoms with E-state index < -0.39 is 5.54 Å². The highest BCUT2D eigenvalue weighted by atomic mass is 16.5. The molecule has 2 aromatic carbocycles. The third kappa shape index (κ3) is 3.49. The summed E-state index contributed by atoms with van der Waals surface area (Å²) >= 11 is 0. The van der Waals surface area contributed by atoms with Crippen molar-refractivity contribution in [2.75, 3.05) is 33.9 Å². The maximum absolute atomic E-state index is 12.9. The zero-order chi connectivity index (χ0) is 20.4. The molecule has 2 saturated heterocycles. The standard InChI is InChI=1S/C23H26N2O4/c1-24-22(27)16-29-20-15-25(13-12-23(20,24)18-6-4-3-5-7-18)21(26)14-17-8-10-19(28-2)11-9-17/h3-11,20H,12-16H2,1-2H3/t20-,23+/m1/s1. The molecule has 2 atom stereocenters. The van der Waals surface area contributed by atoms with Gasteiger partial charge in [0.25, 0.3) is 0 Å². The van der Waals surface area contributed by atoms with E-state index in [1.54, 1.807) is 7.11 Å². The largest absolute Gasteiger partial charge is 0.497 e. The lowest BCUT2D eigenvalue weighted by atomic mass is 9.76. The van der Waals surface area contributed by atoms with Crippen molar-refractivity contribution in [2.24, 2.45) is 0 Å². The number of ether oxygens (including phenoxy) is 2. The molecule has 0 spiro atoms. The number of carbonyl (C=O) groups excluding carboxylic acids is 2. The van der Waals surface area contributed by atoms with Crippen LogP contribution in [0.3, 0.4) is 0 Å². The van der Waals surface area contributed by atoms with Gasteiger partial charge in [0.2, 0.25) is 11.8 Å². The second-order valence-corrected chi connectivity index (χ2v) is 7.66. The van der Waals surface area contributed by atoms with Crippen molar-refractivity contribution in [3.63, 3.8) is 0 Å². The SMILES string of the molecule is COc1ccc(CC(=O)N2CC[C@]3(c4ccccc4)[C@@H](C2)OCC(=O)N3C)cc1. The lowest BCUT2D eigenvalue weighted by Crippen LogP contribution is -2.67. The van der Waals surface area contributed by atoms with Crippen LogP contribution in [-0.2, 0) is 26.3 Å². The highest BCUT2D eigenvalue weighted by molar-refractivity contribution is 5.81. The van der Waals surface area contributed by atoms with Gasteiger partial charge in [0.15, 0.2) is 0 Å². The quantitative estimate of drug-likeness (QED) is 0.798. The van der Waals surface area contributed by atoms with Crippen LogP contribution in [0.4, 0.5) is 0 Å². The first-order valence-corrected chi connectivity index (χ1v) is 9.89. The van der Waals surface area contributed by atoms with Gasteiger partial charge >= 0.3 is 0 Å². The van der Waals surface area contributed by atoms with Crippen LogP contribution in [0.1, 0.15) is 17.5 Å². The predicted octanol–water partition coefficient (Wildman–Crippen LogP) is 2.22. The molecule has 2 amide bonds. The number of nitrogens with zero attached hydrogens (tertiary/aromatic N) is 2. The van der Waals surface area contributed by atoms with E-state index in [9.17, 15) is 9.59 Å². The number of hydrogen-bond donors (Lipinski definition) is 0. The van der Waals surface area contributed by atoms with Crippen molar-refractivity contribution in [3.05, 3.63) is 65.7 Å². The third-order valence-corrected chi connectivity index (χ3v) is 6.20. The van der Waals surface area contributed by atoms with Crippen LogP contribution in [0.25, 0.3) is 0 Å². The molecule has 0 bridgehead atoms. The van der Waals surface area contributed by atoms with E-state index in [0.717, 1.165) is 16.9 Å². The molecule has 2 heterocycles. The van der Waals surface area contributed by atoms with Gasteiger partial charge in [-0.3, -0.25) is 9.59 Å². The van der Waals surface area contributed by atoms with E-state index in [1.165, 1.54) is 0 Å². The summed E-state index contributed by atoms with van der Waals surface area (Å²) in [5.74, 6) is 0.818. The van der Waals surface area contributed by atoms with Crippen LogP contribution in [0.2, 0.25) is 0 Å². The van der Waals surface area contributed by atoms with Gasteiger partial charge in [-0.2, -0.15) is 0 Å². The summed E-state index contributed by atoms with van der Waals surface area (Å²) in [6, 6.07) is 17.6. The van der Waals surface area contributed by atoms with Gasteiger partial charge in [-0.1, -0.05) is 42.5 Å². The highest BCUT2D eigenvalue weighted by Gasteiger charge is 2.53. The van der Waals surface area contributed by atoms with E-state index in [2.05, 4.69) is 0 Å². The number of likely N-dealkylation sites (tertiary alicyclic amines) is 1. The number of hydrogen-bond acceptors (Lipinski definition) is 4. The molecule has 29 heavy (non-hydrogen) atoms. The highest BCUT2D eigenvalue weighted by Crippen LogP contribution is 2.42. The third-order valence-electron chi connectivity index (χ3n) is 6.20. The lowest BCUT2D eigenvalue weighted by molar-refractivity contribution is -0.184. The fourth-order valence-electron chi connectivity index (χ4n) is 4.48. The van der Waals surface area contributed by atoms with Crippen molar-refractivity contribution in [2.45, 2.75) is 24.5 Å². The van der Waals surface area contributed by atoms with Gasteiger partial charge < -0.3 is 19.3 Å². The number of amides is 2. The average molecular weight is 394 g/mol. The number of piperidine rings is 1. The second kappa shape index (κ2) is 7.87. The summed E-state index contributed by atoms with van der Waals surface area (Å²) in [5, 5.41) is 0. The van der Waals surface area contributed by atoms with E-state index >= 15 is 0 Å². The minimum atomic E-state index is -0.534. The fraction of sp³-hybridized carbons (Fsp3) is 0.391. The Bertz CT molecular complexity index is 884. The molecule has 6 heteroatoms. The molecule has 2 aromatic rings. The molecule has 0 unspecified atom stereocenters. The summed E-state index contributed by atoms with van der Waals surface area (Å²) in [4.78, 5) is 29.1. The first kappa shape index (κ1) is 19.5. The second-order valence-electron chi connectivity index (χ2n) is 7.66. The van der Waals surface area contributed by atoms with Crippen LogP contribution >= 0.6 is 0 Å². The molecular weight excluding hydrogens is 368 g/mol. The van der Waals surface area contributed by atoms with Crippen LogP contribution in [0.15, 0.2) is 54.6 Å². The molecular formula is C23H26N2O4. The van der Waals surface area contributed by atoms with Crippen LogP contribution in [0, 0.1) is 0 Å². The maximum Gasteiger partial charge on any atom is 0.249 e. The summed E-state index contributed by atoms with van der Waals surface area (Å²) in [7, 11) is 3.47. The zero-order valence-corrected chi connectivity index (χ0v) is 16.8. The number of benzene rings is 2. The topological polar surface area (TPSA) is 59.1 Å². The molecule has 152 valence electrons. The molecule has 0 aliphatic carbocycles. The Labute approximate surface area is 171 Å². The van der Waals surface area contributed by atoms with Crippen LogP contribution < -0.4 is 4.74 Å². The number of morpholine rings is 1. The fourth-order valence-corrected chi connectivity index (χ4v) is 4.48. The number of likely N-dealkylation sites (N-methyl/N-ethyl adjacent to an activating group) is 1. The smallest absolute Gasteiger partial charge is 0.249 e. The Balaban J connectivity index is 1.53. The molecule has 2 aliphatic heterocycles. The predicted molar refractivity (Wildman–Crippen MR) is 109 cm³/mol. The molecule has 0 aromatic heterocycles. The van der Waals surface area contributed by atoms with Crippen molar-refractivity contribution >= 4 is 11.8 Å². The first-order chi connectivity index (χ1) is 14.0. The van der Waals surface area contributed by atoms with E-state index in [1.807, 2.05) is 71.4 Å². The summed E-state index contributed by atoms with van der Waals surface area (Å²) in [6.45, 7) is 1.11. The minimum Gasteiger partial charge on any atom is -0.497 e. The van der Waals surface area contributed by atoms with Crippen molar-refractivity contribution < 1.29 is 19.1 Å². The van der Waals surface area contributed by atoms with Crippen molar-refractivity contribution in [1.29, 1.82) is 0 Å². The van der Waals surface area contributed by atoms with Gasteiger partial charge in [0.1, 0.15) is 18.5 Å². The van der Waals surface area contributed by atoms with Crippen molar-refractivity contribution in [3.8, 4) is 5.75 Å². The number of fused-ring (bicyclic) bond motifs is 1. The Hall–Kier alpha value is -2.86. The Morgan fingerprint density at radius 2 is 1.90 bits per heavy atom. The van der Waals surface area contributed by atoms with E-state index in [-0.39, 0.29) is 24.5 Å². The molecule has 0 N–H and O–H groups in total. The van der Waals surface area contributed by atoms with Gasteiger partial charge in [-0.05, 0) is 29.7 Å². The van der Waals surface area contributed by atoms with Gasteiger partial charge in [0, 0.05) is 20.1 Å². The van der Waals surface area contributed by atoms with Gasteiger partial charge in [0.05, 0.1) is 19.1 Å². The van der Waals surface area contributed by atoms with E-state index in [0.29, 0.717) is 25.9 Å². The number of rotatable bonds is 4. The lowest BCUT2D eigenvalue weighted by Gasteiger charge is -2.54. The molecule has 2 aliphatic rings. The monoisotopic (exact) mass is 394 g/mol. The first-order valence-electron chi connectivity index (χ1n) is 9.89. The van der Waals surface area contributed by atoms with Gasteiger partial charge in [-0.25, -0.2) is 0 Å². The minimum absolute atomic E-state index is 0.0249. The summed E-state index contributed by atoms with van der Waals surface area (Å²) in [5.41, 5.74) is 1.48. The van der Waals surface area contributed by atoms with Crippen LogP contribution in [0.5, 0.6) is 5.75 Å². The maximum atomic E-state index is 12.9. The summed E-state index contributed by atoms with van der Waals surface area (Å²) in [6.07, 6.45) is 0.739. The summed E-state index contributed by atoms with van der Waals surface area (Å²) < 4.78 is 11.2. The molecule has 2 fully saturated rings. The molecule has 4 rings (SSSR count). The normalized spacial score (nSPS) is 24.2. The van der Waals surface area contributed by atoms with E-state index in [4.69, 9.17) is 9.47 Å². The Kier molecular flexibility index (Phi) is 5.28. The number of methoxy groups -OCH3 is 1. The van der Waals surface area contributed by atoms with Gasteiger partial charge in [-0.15, -0.1) is 0 Å².